The van der Waals surface area contributed by atoms with E-state index in [0.717, 1.165) is 0 Å². The van der Waals surface area contributed by atoms with E-state index in [-0.39, 0.29) is 22.9 Å². The largest absolute Gasteiger partial charge is 0.392 e. The van der Waals surface area contributed by atoms with Gasteiger partial charge in [0.15, 0.2) is 0 Å². The topological polar surface area (TPSA) is 20.2 Å². The molecule has 2 bridgehead atoms. The molecule has 1 nitrogen and oxygen atoms in total. The molecule has 2 aromatic carbocycles. The highest BCUT2D eigenvalue weighted by Gasteiger charge is 2.66. The van der Waals surface area contributed by atoms with Gasteiger partial charge in [0.25, 0.3) is 0 Å². The number of fused-ring (bicyclic) bond motifs is 3. The van der Waals surface area contributed by atoms with Crippen LogP contribution in [0.15, 0.2) is 42.5 Å². The van der Waals surface area contributed by atoms with Gasteiger partial charge in [0, 0.05) is 5.92 Å². The van der Waals surface area contributed by atoms with Crippen LogP contribution in [0.1, 0.15) is 45.1 Å². The van der Waals surface area contributed by atoms with Gasteiger partial charge in [-0.3, -0.25) is 0 Å². The quantitative estimate of drug-likeness (QED) is 0.800. The lowest BCUT2D eigenvalue weighted by Crippen LogP contribution is -2.33. The highest BCUT2D eigenvalue weighted by Crippen LogP contribution is 2.71. The van der Waals surface area contributed by atoms with E-state index in [2.05, 4.69) is 63.2 Å². The molecule has 2 fully saturated rings. The average Bonchev–Trinajstić information content (AvgIpc) is 2.77. The molecule has 1 N–H and O–H groups in total. The Morgan fingerprint density at radius 2 is 1.71 bits per heavy atom. The van der Waals surface area contributed by atoms with Gasteiger partial charge in [-0.1, -0.05) is 63.2 Å². The summed E-state index contributed by atoms with van der Waals surface area (Å²) >= 11 is 0. The van der Waals surface area contributed by atoms with E-state index in [0.29, 0.717) is 5.92 Å². The monoisotopic (exact) mass is 280 g/mol. The summed E-state index contributed by atoms with van der Waals surface area (Å²) in [5.74, 6) is 0.698. The third-order valence-electron chi connectivity index (χ3n) is 6.97. The van der Waals surface area contributed by atoms with Crippen molar-refractivity contribution in [3.05, 3.63) is 48.0 Å². The van der Waals surface area contributed by atoms with Crippen molar-refractivity contribution in [1.29, 1.82) is 0 Å². The standard InChI is InChI=1S/C20H24O/c1-19(2)16-11-12-20(19,3)17(18(16)21)15-10-6-8-13-7-4-5-9-14(13)15/h4-10,16-18,21H,11-12H2,1-3H3. The molecule has 0 radical (unpaired) electrons. The second kappa shape index (κ2) is 4.10. The van der Waals surface area contributed by atoms with Gasteiger partial charge >= 0.3 is 0 Å². The van der Waals surface area contributed by atoms with Gasteiger partial charge in [0.05, 0.1) is 6.10 Å². The fraction of sp³-hybridized carbons (Fsp3) is 0.500. The average molecular weight is 280 g/mol. The first-order chi connectivity index (χ1) is 9.97. The Morgan fingerprint density at radius 1 is 1.00 bits per heavy atom. The smallest absolute Gasteiger partial charge is 0.0647 e. The minimum atomic E-state index is -0.204. The normalized spacial score (nSPS) is 37.2. The molecule has 2 saturated carbocycles. The Morgan fingerprint density at radius 3 is 2.43 bits per heavy atom. The predicted octanol–water partition coefficient (Wildman–Crippen LogP) is 4.74. The molecule has 2 aliphatic carbocycles. The van der Waals surface area contributed by atoms with E-state index in [1.807, 2.05) is 0 Å². The summed E-state index contributed by atoms with van der Waals surface area (Å²) in [6.07, 6.45) is 2.20. The van der Waals surface area contributed by atoms with Gasteiger partial charge in [-0.2, -0.15) is 0 Å². The molecule has 0 heterocycles. The maximum Gasteiger partial charge on any atom is 0.0647 e. The fourth-order valence-corrected chi connectivity index (χ4v) is 5.37. The summed E-state index contributed by atoms with van der Waals surface area (Å²) in [6.45, 7) is 7.12. The minimum absolute atomic E-state index is 0.196. The van der Waals surface area contributed by atoms with Gasteiger partial charge in [0.1, 0.15) is 0 Å². The van der Waals surface area contributed by atoms with Crippen LogP contribution in [0.2, 0.25) is 0 Å². The van der Waals surface area contributed by atoms with Crippen LogP contribution in [-0.4, -0.2) is 11.2 Å². The Labute approximate surface area is 127 Å². The second-order valence-electron chi connectivity index (χ2n) is 7.82. The minimum Gasteiger partial charge on any atom is -0.392 e. The molecule has 110 valence electrons. The number of aliphatic hydroxyl groups is 1. The first-order valence-corrected chi connectivity index (χ1v) is 8.12. The van der Waals surface area contributed by atoms with Crippen molar-refractivity contribution < 1.29 is 5.11 Å². The Hall–Kier alpha value is -1.34. The first kappa shape index (κ1) is 13.3. The van der Waals surface area contributed by atoms with Crippen molar-refractivity contribution in [3.8, 4) is 0 Å². The molecule has 0 saturated heterocycles. The molecule has 0 aliphatic heterocycles. The Kier molecular flexibility index (Phi) is 2.60. The summed E-state index contributed by atoms with van der Waals surface area (Å²) in [4.78, 5) is 0. The lowest BCUT2D eigenvalue weighted by Gasteiger charge is -2.40. The first-order valence-electron chi connectivity index (χ1n) is 8.12. The number of hydrogen-bond donors (Lipinski definition) is 1. The van der Waals surface area contributed by atoms with E-state index in [1.165, 1.54) is 29.2 Å². The van der Waals surface area contributed by atoms with Crippen molar-refractivity contribution >= 4 is 10.8 Å². The van der Waals surface area contributed by atoms with E-state index in [9.17, 15) is 5.11 Å². The van der Waals surface area contributed by atoms with Gasteiger partial charge in [0.2, 0.25) is 0 Å². The maximum atomic E-state index is 11.0. The number of benzene rings is 2. The zero-order valence-electron chi connectivity index (χ0n) is 13.1. The molecule has 2 aromatic rings. The second-order valence-corrected chi connectivity index (χ2v) is 7.82. The van der Waals surface area contributed by atoms with Crippen LogP contribution in [-0.2, 0) is 0 Å². The van der Waals surface area contributed by atoms with Crippen LogP contribution in [0.25, 0.3) is 10.8 Å². The molecule has 0 spiro atoms. The molecule has 1 heteroatoms. The van der Waals surface area contributed by atoms with Crippen molar-refractivity contribution in [1.82, 2.24) is 0 Å². The van der Waals surface area contributed by atoms with Crippen LogP contribution >= 0.6 is 0 Å². The molecular formula is C20H24O. The third-order valence-corrected chi connectivity index (χ3v) is 6.97. The molecule has 2 aliphatic rings. The van der Waals surface area contributed by atoms with E-state index in [1.54, 1.807) is 0 Å². The summed E-state index contributed by atoms with van der Waals surface area (Å²) in [6, 6.07) is 15.1. The maximum absolute atomic E-state index is 11.0. The lowest BCUT2D eigenvalue weighted by molar-refractivity contribution is 0.0737. The fourth-order valence-electron chi connectivity index (χ4n) is 5.37. The van der Waals surface area contributed by atoms with Crippen molar-refractivity contribution in [2.24, 2.45) is 16.7 Å². The summed E-state index contributed by atoms with van der Waals surface area (Å²) < 4.78 is 0. The van der Waals surface area contributed by atoms with E-state index >= 15 is 0 Å². The predicted molar refractivity (Wildman–Crippen MR) is 87.3 cm³/mol. The van der Waals surface area contributed by atoms with E-state index in [4.69, 9.17) is 0 Å². The van der Waals surface area contributed by atoms with Crippen molar-refractivity contribution in [3.63, 3.8) is 0 Å². The van der Waals surface area contributed by atoms with Gasteiger partial charge < -0.3 is 5.11 Å². The third kappa shape index (κ3) is 1.51. The lowest BCUT2D eigenvalue weighted by atomic mass is 9.64. The molecule has 0 amide bonds. The molecule has 21 heavy (non-hydrogen) atoms. The van der Waals surface area contributed by atoms with Crippen LogP contribution in [0.5, 0.6) is 0 Å². The van der Waals surface area contributed by atoms with E-state index < -0.39 is 0 Å². The zero-order valence-corrected chi connectivity index (χ0v) is 13.1. The van der Waals surface area contributed by atoms with Crippen LogP contribution in [0.3, 0.4) is 0 Å². The SMILES string of the molecule is CC1(C)C2CCC1(C)C(c1cccc3ccccc13)C2O. The molecule has 4 unspecified atom stereocenters. The molecule has 0 aromatic heterocycles. The van der Waals surface area contributed by atoms with Crippen molar-refractivity contribution in [2.45, 2.75) is 45.6 Å². The molecule has 4 atom stereocenters. The van der Waals surface area contributed by atoms with Crippen LogP contribution in [0.4, 0.5) is 0 Å². The summed E-state index contributed by atoms with van der Waals surface area (Å²) in [5.41, 5.74) is 1.76. The number of rotatable bonds is 1. The van der Waals surface area contributed by atoms with Crippen LogP contribution < -0.4 is 0 Å². The van der Waals surface area contributed by atoms with Crippen molar-refractivity contribution in [2.75, 3.05) is 0 Å². The number of hydrogen-bond acceptors (Lipinski definition) is 1. The van der Waals surface area contributed by atoms with Crippen LogP contribution in [0, 0.1) is 16.7 Å². The van der Waals surface area contributed by atoms with Gasteiger partial charge in [-0.05, 0) is 45.9 Å². The number of aliphatic hydroxyl groups excluding tert-OH is 1. The highest BCUT2D eigenvalue weighted by atomic mass is 16.3. The van der Waals surface area contributed by atoms with Gasteiger partial charge in [-0.25, -0.2) is 0 Å². The molecule has 4 rings (SSSR count). The Balaban J connectivity index is 1.94. The highest BCUT2D eigenvalue weighted by molar-refractivity contribution is 5.86. The van der Waals surface area contributed by atoms with Gasteiger partial charge in [-0.15, -0.1) is 0 Å². The summed E-state index contributed by atoms with van der Waals surface area (Å²) in [5, 5.41) is 13.6. The Bertz CT molecular complexity index is 697. The summed E-state index contributed by atoms with van der Waals surface area (Å²) in [7, 11) is 0. The molecular weight excluding hydrogens is 256 g/mol. The zero-order chi connectivity index (χ0) is 14.8.